The van der Waals surface area contributed by atoms with Crippen LogP contribution in [0.4, 0.5) is 0 Å². The van der Waals surface area contributed by atoms with E-state index in [0.717, 1.165) is 35.4 Å². The van der Waals surface area contributed by atoms with Crippen molar-refractivity contribution in [2.24, 2.45) is 7.05 Å². The molecule has 1 aromatic heterocycles. The average molecular weight is 344 g/mol. The number of aliphatic hydroxyl groups excluding tert-OH is 1. The number of aliphatic hydroxyl groups is 1. The lowest BCUT2D eigenvalue weighted by Gasteiger charge is -2.39. The van der Waals surface area contributed by atoms with E-state index in [9.17, 15) is 5.11 Å². The minimum atomic E-state index is -0.392. The summed E-state index contributed by atoms with van der Waals surface area (Å²) >= 11 is 3.63. The number of halogens is 1. The molecular formula is C15H26BrN3O. The van der Waals surface area contributed by atoms with Crippen LogP contribution in [-0.2, 0) is 19.9 Å². The molecule has 0 saturated carbocycles. The first-order valence-electron chi connectivity index (χ1n) is 7.51. The zero-order chi connectivity index (χ0) is 14.9. The molecule has 1 atom stereocenters. The fourth-order valence-corrected chi connectivity index (χ4v) is 3.76. The van der Waals surface area contributed by atoms with Crippen LogP contribution in [0.1, 0.15) is 45.0 Å². The number of aryl methyl sites for hydroxylation is 2. The minimum Gasteiger partial charge on any atom is -0.391 e. The van der Waals surface area contributed by atoms with Crippen molar-refractivity contribution in [3.8, 4) is 0 Å². The number of rotatable bonds is 5. The average Bonchev–Trinajstić information content (AvgIpc) is 3.02. The van der Waals surface area contributed by atoms with Crippen LogP contribution in [0.25, 0.3) is 0 Å². The van der Waals surface area contributed by atoms with Gasteiger partial charge in [-0.2, -0.15) is 5.10 Å². The molecule has 1 aliphatic heterocycles. The molecule has 2 rings (SSSR count). The standard InChI is InChI=1S/C15H26BrN3O/c1-5-11-14(16)12(18(4)17-11)10-13(20)15(2,3)19-8-6-7-9-19/h13,20H,5-10H2,1-4H3. The summed E-state index contributed by atoms with van der Waals surface area (Å²) in [5, 5.41) is 15.2. The highest BCUT2D eigenvalue weighted by atomic mass is 79.9. The van der Waals surface area contributed by atoms with Crippen molar-refractivity contribution >= 4 is 15.9 Å². The molecule has 1 aromatic rings. The van der Waals surface area contributed by atoms with Crippen molar-refractivity contribution in [1.82, 2.24) is 14.7 Å². The van der Waals surface area contributed by atoms with E-state index in [4.69, 9.17) is 0 Å². The molecule has 0 amide bonds. The zero-order valence-electron chi connectivity index (χ0n) is 13.0. The van der Waals surface area contributed by atoms with Gasteiger partial charge >= 0.3 is 0 Å². The molecule has 1 fully saturated rings. The Balaban J connectivity index is 2.14. The lowest BCUT2D eigenvalue weighted by molar-refractivity contribution is 0.00230. The Labute approximate surface area is 130 Å². The van der Waals surface area contributed by atoms with Gasteiger partial charge in [0.15, 0.2) is 0 Å². The second-order valence-electron chi connectivity index (χ2n) is 6.25. The smallest absolute Gasteiger partial charge is 0.0774 e. The number of hydrogen-bond acceptors (Lipinski definition) is 3. The van der Waals surface area contributed by atoms with Gasteiger partial charge < -0.3 is 5.11 Å². The third kappa shape index (κ3) is 2.95. The zero-order valence-corrected chi connectivity index (χ0v) is 14.6. The Kier molecular flexibility index (Phi) is 4.92. The first-order valence-corrected chi connectivity index (χ1v) is 8.30. The van der Waals surface area contributed by atoms with E-state index in [0.29, 0.717) is 6.42 Å². The molecule has 1 N–H and O–H groups in total. The molecule has 2 heterocycles. The number of likely N-dealkylation sites (tertiary alicyclic amines) is 1. The highest BCUT2D eigenvalue weighted by Gasteiger charge is 2.36. The molecule has 20 heavy (non-hydrogen) atoms. The normalized spacial score (nSPS) is 18.7. The third-order valence-electron chi connectivity index (χ3n) is 4.63. The van der Waals surface area contributed by atoms with E-state index in [1.807, 2.05) is 11.7 Å². The third-order valence-corrected chi connectivity index (χ3v) is 5.54. The molecule has 0 bridgehead atoms. The van der Waals surface area contributed by atoms with Crippen molar-refractivity contribution in [2.75, 3.05) is 13.1 Å². The predicted octanol–water partition coefficient (Wildman–Crippen LogP) is 2.52. The monoisotopic (exact) mass is 343 g/mol. The van der Waals surface area contributed by atoms with Crippen LogP contribution in [0.15, 0.2) is 4.47 Å². The maximum atomic E-state index is 10.7. The van der Waals surface area contributed by atoms with Gasteiger partial charge in [0.1, 0.15) is 0 Å². The van der Waals surface area contributed by atoms with Gasteiger partial charge in [-0.1, -0.05) is 6.92 Å². The van der Waals surface area contributed by atoms with Gasteiger partial charge in [-0.3, -0.25) is 9.58 Å². The summed E-state index contributed by atoms with van der Waals surface area (Å²) in [6.45, 7) is 8.58. The number of nitrogens with zero attached hydrogens (tertiary/aromatic N) is 3. The van der Waals surface area contributed by atoms with Gasteiger partial charge in [-0.05, 0) is 62.1 Å². The molecular weight excluding hydrogens is 318 g/mol. The number of aromatic nitrogens is 2. The van der Waals surface area contributed by atoms with Crippen LogP contribution >= 0.6 is 15.9 Å². The van der Waals surface area contributed by atoms with Crippen LogP contribution in [0.2, 0.25) is 0 Å². The number of hydrogen-bond donors (Lipinski definition) is 1. The Hall–Kier alpha value is -0.390. The van der Waals surface area contributed by atoms with Crippen molar-refractivity contribution in [1.29, 1.82) is 0 Å². The van der Waals surface area contributed by atoms with Gasteiger partial charge in [-0.25, -0.2) is 0 Å². The van der Waals surface area contributed by atoms with E-state index < -0.39 is 6.10 Å². The van der Waals surface area contributed by atoms with Crippen molar-refractivity contribution in [2.45, 2.75) is 58.1 Å². The maximum absolute atomic E-state index is 10.7. The van der Waals surface area contributed by atoms with Crippen molar-refractivity contribution in [3.05, 3.63) is 15.9 Å². The SMILES string of the molecule is CCc1nn(C)c(CC(O)C(C)(C)N2CCCC2)c1Br. The Morgan fingerprint density at radius 3 is 2.45 bits per heavy atom. The summed E-state index contributed by atoms with van der Waals surface area (Å²) in [5.41, 5.74) is 1.96. The summed E-state index contributed by atoms with van der Waals surface area (Å²) in [4.78, 5) is 2.41. The van der Waals surface area contributed by atoms with E-state index in [2.05, 4.69) is 46.7 Å². The summed E-state index contributed by atoms with van der Waals surface area (Å²) < 4.78 is 2.95. The highest BCUT2D eigenvalue weighted by molar-refractivity contribution is 9.10. The molecule has 0 aliphatic carbocycles. The predicted molar refractivity (Wildman–Crippen MR) is 84.9 cm³/mol. The Morgan fingerprint density at radius 2 is 1.95 bits per heavy atom. The summed E-state index contributed by atoms with van der Waals surface area (Å²) in [7, 11) is 1.95. The molecule has 1 unspecified atom stereocenters. The van der Waals surface area contributed by atoms with Crippen LogP contribution < -0.4 is 0 Å². The first kappa shape index (κ1) is 16.0. The fraction of sp³-hybridized carbons (Fsp3) is 0.800. The van der Waals surface area contributed by atoms with Gasteiger partial charge in [0.2, 0.25) is 0 Å². The quantitative estimate of drug-likeness (QED) is 0.893. The fourth-order valence-electron chi connectivity index (χ4n) is 2.98. The summed E-state index contributed by atoms with van der Waals surface area (Å²) in [6, 6.07) is 0. The second-order valence-corrected chi connectivity index (χ2v) is 7.05. The summed E-state index contributed by atoms with van der Waals surface area (Å²) in [6.07, 6.45) is 3.63. The maximum Gasteiger partial charge on any atom is 0.0774 e. The van der Waals surface area contributed by atoms with E-state index in [-0.39, 0.29) is 5.54 Å². The molecule has 0 radical (unpaired) electrons. The van der Waals surface area contributed by atoms with Crippen LogP contribution in [0.3, 0.4) is 0 Å². The van der Waals surface area contributed by atoms with Gasteiger partial charge in [-0.15, -0.1) is 0 Å². The van der Waals surface area contributed by atoms with Crippen LogP contribution in [-0.4, -0.2) is 44.5 Å². The van der Waals surface area contributed by atoms with E-state index in [1.54, 1.807) is 0 Å². The molecule has 0 aromatic carbocycles. The molecule has 5 heteroatoms. The molecule has 114 valence electrons. The lowest BCUT2D eigenvalue weighted by Crippen LogP contribution is -2.52. The Morgan fingerprint density at radius 1 is 1.35 bits per heavy atom. The topological polar surface area (TPSA) is 41.3 Å². The first-order chi connectivity index (χ1) is 9.37. The van der Waals surface area contributed by atoms with E-state index in [1.165, 1.54) is 12.8 Å². The minimum absolute atomic E-state index is 0.188. The Bertz CT molecular complexity index is 464. The van der Waals surface area contributed by atoms with Gasteiger partial charge in [0, 0.05) is 19.0 Å². The van der Waals surface area contributed by atoms with Crippen molar-refractivity contribution < 1.29 is 5.11 Å². The molecule has 4 nitrogen and oxygen atoms in total. The highest BCUT2D eigenvalue weighted by Crippen LogP contribution is 2.29. The summed E-state index contributed by atoms with van der Waals surface area (Å²) in [5.74, 6) is 0. The van der Waals surface area contributed by atoms with Crippen LogP contribution in [0, 0.1) is 0 Å². The molecule has 1 saturated heterocycles. The largest absolute Gasteiger partial charge is 0.391 e. The van der Waals surface area contributed by atoms with E-state index >= 15 is 0 Å². The lowest BCUT2D eigenvalue weighted by atomic mass is 9.91. The van der Waals surface area contributed by atoms with Crippen molar-refractivity contribution in [3.63, 3.8) is 0 Å². The second kappa shape index (κ2) is 6.16. The molecule has 1 aliphatic rings. The molecule has 0 spiro atoms. The van der Waals surface area contributed by atoms with Gasteiger partial charge in [0.05, 0.1) is 22.0 Å². The van der Waals surface area contributed by atoms with Gasteiger partial charge in [0.25, 0.3) is 0 Å². The van der Waals surface area contributed by atoms with Crippen LogP contribution in [0.5, 0.6) is 0 Å².